The summed E-state index contributed by atoms with van der Waals surface area (Å²) in [7, 11) is 0. The number of ketones is 2. The number of nitro groups is 1. The first-order chi connectivity index (χ1) is 8.06. The minimum Gasteiger partial charge on any atom is -0.299 e. The molecule has 0 amide bonds. The van der Waals surface area contributed by atoms with Gasteiger partial charge in [0.1, 0.15) is 5.78 Å². The van der Waals surface area contributed by atoms with Gasteiger partial charge in [-0.3, -0.25) is 19.7 Å². The van der Waals surface area contributed by atoms with Crippen molar-refractivity contribution >= 4 is 17.3 Å². The first-order valence-corrected chi connectivity index (χ1v) is 5.34. The molecular weight excluding hydrogens is 222 g/mol. The van der Waals surface area contributed by atoms with Crippen molar-refractivity contribution < 1.29 is 14.5 Å². The SMILES string of the molecule is CCCC(=O)CC(=O)c1ccccc1[N+](=O)[O-]. The molecule has 17 heavy (non-hydrogen) atoms. The van der Waals surface area contributed by atoms with E-state index in [1.807, 2.05) is 6.92 Å². The zero-order chi connectivity index (χ0) is 12.8. The van der Waals surface area contributed by atoms with E-state index in [0.717, 1.165) is 0 Å². The second-order valence-electron chi connectivity index (χ2n) is 3.66. The molecule has 0 aromatic heterocycles. The summed E-state index contributed by atoms with van der Waals surface area (Å²) in [6.45, 7) is 1.84. The van der Waals surface area contributed by atoms with Gasteiger partial charge in [-0.05, 0) is 12.5 Å². The Morgan fingerprint density at radius 3 is 2.53 bits per heavy atom. The summed E-state index contributed by atoms with van der Waals surface area (Å²) in [5.41, 5.74) is -0.247. The lowest BCUT2D eigenvalue weighted by molar-refractivity contribution is -0.385. The van der Waals surface area contributed by atoms with Gasteiger partial charge >= 0.3 is 0 Å². The first kappa shape index (κ1) is 13.0. The maximum atomic E-state index is 11.7. The molecular formula is C12H13NO4. The molecule has 0 bridgehead atoms. The van der Waals surface area contributed by atoms with E-state index < -0.39 is 10.7 Å². The van der Waals surface area contributed by atoms with Crippen molar-refractivity contribution in [3.8, 4) is 0 Å². The molecule has 0 heterocycles. The van der Waals surface area contributed by atoms with E-state index in [2.05, 4.69) is 0 Å². The molecule has 0 aliphatic rings. The molecule has 0 fully saturated rings. The van der Waals surface area contributed by atoms with Crippen molar-refractivity contribution in [1.82, 2.24) is 0 Å². The van der Waals surface area contributed by atoms with Crippen LogP contribution in [0.15, 0.2) is 24.3 Å². The van der Waals surface area contributed by atoms with Crippen LogP contribution in [0.1, 0.15) is 36.5 Å². The van der Waals surface area contributed by atoms with Gasteiger partial charge < -0.3 is 0 Å². The third-order valence-corrected chi connectivity index (χ3v) is 2.29. The summed E-state index contributed by atoms with van der Waals surface area (Å²) in [6, 6.07) is 5.67. The van der Waals surface area contributed by atoms with Crippen LogP contribution in [0.2, 0.25) is 0 Å². The van der Waals surface area contributed by atoms with Crippen LogP contribution < -0.4 is 0 Å². The number of hydrogen-bond acceptors (Lipinski definition) is 4. The molecule has 90 valence electrons. The fourth-order valence-corrected chi connectivity index (χ4v) is 1.51. The minimum absolute atomic E-state index is 0.00181. The van der Waals surface area contributed by atoms with Gasteiger partial charge in [-0.15, -0.1) is 0 Å². The molecule has 0 aliphatic carbocycles. The standard InChI is InChI=1S/C12H13NO4/c1-2-5-9(14)8-12(15)10-6-3-4-7-11(10)13(16)17/h3-4,6-7H,2,5,8H2,1H3. The number of rotatable bonds is 6. The van der Waals surface area contributed by atoms with Crippen molar-refractivity contribution in [2.45, 2.75) is 26.2 Å². The number of Topliss-reactive ketones (excluding diaryl/α,β-unsaturated/α-hetero) is 2. The van der Waals surface area contributed by atoms with Gasteiger partial charge in [0, 0.05) is 12.5 Å². The molecule has 0 spiro atoms. The van der Waals surface area contributed by atoms with Crippen LogP contribution >= 0.6 is 0 Å². The maximum Gasteiger partial charge on any atom is 0.280 e. The highest BCUT2D eigenvalue weighted by atomic mass is 16.6. The van der Waals surface area contributed by atoms with E-state index in [9.17, 15) is 19.7 Å². The number of para-hydroxylation sites is 1. The number of carbonyl (C=O) groups is 2. The molecule has 0 unspecified atom stereocenters. The Kier molecular flexibility index (Phi) is 4.51. The number of nitro benzene ring substituents is 1. The number of benzene rings is 1. The highest BCUT2D eigenvalue weighted by Gasteiger charge is 2.20. The Balaban J connectivity index is 2.89. The number of carbonyl (C=O) groups excluding carboxylic acids is 2. The minimum atomic E-state index is -0.614. The third kappa shape index (κ3) is 3.48. The van der Waals surface area contributed by atoms with E-state index in [1.54, 1.807) is 6.07 Å². The van der Waals surface area contributed by atoms with Crippen molar-refractivity contribution in [2.24, 2.45) is 0 Å². The van der Waals surface area contributed by atoms with Crippen LogP contribution in [0.4, 0.5) is 5.69 Å². The van der Waals surface area contributed by atoms with Crippen molar-refractivity contribution in [3.05, 3.63) is 39.9 Å². The molecule has 0 saturated carbocycles. The molecule has 0 N–H and O–H groups in total. The van der Waals surface area contributed by atoms with Gasteiger partial charge in [0.2, 0.25) is 0 Å². The fraction of sp³-hybridized carbons (Fsp3) is 0.333. The Morgan fingerprint density at radius 2 is 1.94 bits per heavy atom. The van der Waals surface area contributed by atoms with Crippen LogP contribution in [0.5, 0.6) is 0 Å². The lowest BCUT2D eigenvalue weighted by Crippen LogP contribution is -2.09. The van der Waals surface area contributed by atoms with Gasteiger partial charge in [-0.1, -0.05) is 19.1 Å². The van der Waals surface area contributed by atoms with Crippen LogP contribution in [-0.4, -0.2) is 16.5 Å². The van der Waals surface area contributed by atoms with Crippen LogP contribution in [-0.2, 0) is 4.79 Å². The molecule has 5 nitrogen and oxygen atoms in total. The molecule has 0 atom stereocenters. The van der Waals surface area contributed by atoms with Gasteiger partial charge in [-0.25, -0.2) is 0 Å². The number of hydrogen-bond donors (Lipinski definition) is 0. The summed E-state index contributed by atoms with van der Waals surface area (Å²) >= 11 is 0. The van der Waals surface area contributed by atoms with E-state index in [-0.39, 0.29) is 23.5 Å². The summed E-state index contributed by atoms with van der Waals surface area (Å²) in [6.07, 6.45) is 0.730. The van der Waals surface area contributed by atoms with E-state index in [0.29, 0.717) is 12.8 Å². The van der Waals surface area contributed by atoms with Crippen molar-refractivity contribution in [2.75, 3.05) is 0 Å². The number of nitrogens with zero attached hydrogens (tertiary/aromatic N) is 1. The summed E-state index contributed by atoms with van der Waals surface area (Å²) in [4.78, 5) is 33.1. The second kappa shape index (κ2) is 5.89. The second-order valence-corrected chi connectivity index (χ2v) is 3.66. The Hall–Kier alpha value is -2.04. The summed E-state index contributed by atoms with van der Waals surface area (Å²) in [5.74, 6) is -0.675. The first-order valence-electron chi connectivity index (χ1n) is 5.34. The smallest absolute Gasteiger partial charge is 0.280 e. The van der Waals surface area contributed by atoms with E-state index in [1.165, 1.54) is 18.2 Å². The maximum absolute atomic E-state index is 11.7. The zero-order valence-electron chi connectivity index (χ0n) is 9.51. The van der Waals surface area contributed by atoms with E-state index >= 15 is 0 Å². The fourth-order valence-electron chi connectivity index (χ4n) is 1.51. The average molecular weight is 235 g/mol. The van der Waals surface area contributed by atoms with Crippen molar-refractivity contribution in [3.63, 3.8) is 0 Å². The van der Waals surface area contributed by atoms with Crippen molar-refractivity contribution in [1.29, 1.82) is 0 Å². The Bertz CT molecular complexity index is 454. The monoisotopic (exact) mass is 235 g/mol. The van der Waals surface area contributed by atoms with Gasteiger partial charge in [0.15, 0.2) is 5.78 Å². The Labute approximate surface area is 98.6 Å². The highest BCUT2D eigenvalue weighted by Crippen LogP contribution is 2.19. The van der Waals surface area contributed by atoms with Gasteiger partial charge in [-0.2, -0.15) is 0 Å². The van der Waals surface area contributed by atoms with Gasteiger partial charge in [0.05, 0.1) is 16.9 Å². The normalized spacial score (nSPS) is 9.94. The molecule has 1 aromatic carbocycles. The third-order valence-electron chi connectivity index (χ3n) is 2.29. The largest absolute Gasteiger partial charge is 0.299 e. The molecule has 1 aromatic rings. The Morgan fingerprint density at radius 1 is 1.29 bits per heavy atom. The molecule has 0 saturated heterocycles. The molecule has 5 heteroatoms. The lowest BCUT2D eigenvalue weighted by Gasteiger charge is -2.01. The predicted molar refractivity (Wildman–Crippen MR) is 62.0 cm³/mol. The van der Waals surface area contributed by atoms with Crippen LogP contribution in [0.25, 0.3) is 0 Å². The predicted octanol–water partition coefficient (Wildman–Crippen LogP) is 2.54. The average Bonchev–Trinajstić information content (AvgIpc) is 2.29. The lowest BCUT2D eigenvalue weighted by atomic mass is 10.0. The topological polar surface area (TPSA) is 77.3 Å². The van der Waals surface area contributed by atoms with Crippen LogP contribution in [0, 0.1) is 10.1 Å². The zero-order valence-corrected chi connectivity index (χ0v) is 9.51. The summed E-state index contributed by atoms with van der Waals surface area (Å²) < 4.78 is 0. The molecule has 1 rings (SSSR count). The van der Waals surface area contributed by atoms with Gasteiger partial charge in [0.25, 0.3) is 5.69 Å². The molecule has 0 aliphatic heterocycles. The highest BCUT2D eigenvalue weighted by molar-refractivity contribution is 6.09. The quantitative estimate of drug-likeness (QED) is 0.328. The summed E-state index contributed by atoms with van der Waals surface area (Å²) in [5, 5.41) is 10.7. The van der Waals surface area contributed by atoms with Crippen LogP contribution in [0.3, 0.4) is 0 Å². The van der Waals surface area contributed by atoms with E-state index in [4.69, 9.17) is 0 Å². The molecule has 0 radical (unpaired) electrons.